The predicted octanol–water partition coefficient (Wildman–Crippen LogP) is 4.36. The Morgan fingerprint density at radius 2 is 1.94 bits per heavy atom. The van der Waals surface area contributed by atoms with Crippen molar-refractivity contribution in [2.24, 2.45) is 5.41 Å². The molecule has 0 saturated carbocycles. The van der Waals surface area contributed by atoms with Gasteiger partial charge in [-0.3, -0.25) is 0 Å². The van der Waals surface area contributed by atoms with Gasteiger partial charge in [0.1, 0.15) is 0 Å². The predicted molar refractivity (Wildman–Crippen MR) is 73.3 cm³/mol. The van der Waals surface area contributed by atoms with Crippen molar-refractivity contribution in [1.29, 1.82) is 5.26 Å². The molecule has 90 valence electrons. The van der Waals surface area contributed by atoms with E-state index in [-0.39, 0.29) is 10.8 Å². The Morgan fingerprint density at radius 1 is 1.29 bits per heavy atom. The molecule has 1 aromatic carbocycles. The van der Waals surface area contributed by atoms with Crippen molar-refractivity contribution in [2.75, 3.05) is 0 Å². The molecule has 17 heavy (non-hydrogen) atoms. The van der Waals surface area contributed by atoms with E-state index in [0.717, 1.165) is 5.56 Å². The minimum atomic E-state index is 0.130. The molecule has 0 fully saturated rings. The highest BCUT2D eigenvalue weighted by molar-refractivity contribution is 8.00. The number of nitrogens with zero attached hydrogens (tertiary/aromatic N) is 1. The molecule has 0 radical (unpaired) electrons. The zero-order valence-electron chi connectivity index (χ0n) is 11.2. The smallest absolute Gasteiger partial charge is 0.0991 e. The summed E-state index contributed by atoms with van der Waals surface area (Å²) in [7, 11) is 0. The van der Waals surface area contributed by atoms with Crippen molar-refractivity contribution >= 4 is 11.8 Å². The highest BCUT2D eigenvalue weighted by Crippen LogP contribution is 2.55. The summed E-state index contributed by atoms with van der Waals surface area (Å²) in [5.74, 6) is 0. The minimum absolute atomic E-state index is 0.130. The van der Waals surface area contributed by atoms with E-state index in [0.29, 0.717) is 5.25 Å². The van der Waals surface area contributed by atoms with E-state index < -0.39 is 0 Å². The van der Waals surface area contributed by atoms with E-state index in [9.17, 15) is 0 Å². The molecule has 0 aromatic heterocycles. The summed E-state index contributed by atoms with van der Waals surface area (Å²) in [5.41, 5.74) is 2.50. The van der Waals surface area contributed by atoms with Crippen molar-refractivity contribution in [3.05, 3.63) is 29.3 Å². The molecule has 0 bridgehead atoms. The van der Waals surface area contributed by atoms with Crippen molar-refractivity contribution in [1.82, 2.24) is 0 Å². The van der Waals surface area contributed by atoms with Gasteiger partial charge in [-0.2, -0.15) is 5.26 Å². The van der Waals surface area contributed by atoms with Gasteiger partial charge in [0.05, 0.1) is 11.6 Å². The normalized spacial score (nSPS) is 22.0. The van der Waals surface area contributed by atoms with E-state index in [2.05, 4.69) is 52.8 Å². The van der Waals surface area contributed by atoms with Crippen LogP contribution < -0.4 is 0 Å². The second kappa shape index (κ2) is 3.78. The molecule has 0 spiro atoms. The first kappa shape index (κ1) is 12.5. The third-order valence-corrected chi connectivity index (χ3v) is 5.63. The molecule has 1 unspecified atom stereocenters. The van der Waals surface area contributed by atoms with Crippen LogP contribution in [0.4, 0.5) is 0 Å². The first-order chi connectivity index (χ1) is 7.76. The molecule has 1 nitrogen and oxygen atoms in total. The molecule has 2 rings (SSSR count). The third kappa shape index (κ3) is 1.98. The van der Waals surface area contributed by atoms with E-state index in [1.165, 1.54) is 10.5 Å². The molecule has 2 heteroatoms. The maximum atomic E-state index is 9.01. The monoisotopic (exact) mass is 245 g/mol. The lowest BCUT2D eigenvalue weighted by molar-refractivity contribution is 0.305. The van der Waals surface area contributed by atoms with Crippen LogP contribution in [-0.4, -0.2) is 5.25 Å². The molecule has 0 aliphatic carbocycles. The largest absolute Gasteiger partial charge is 0.192 e. The van der Waals surface area contributed by atoms with Gasteiger partial charge >= 0.3 is 0 Å². The van der Waals surface area contributed by atoms with Gasteiger partial charge in [-0.1, -0.05) is 34.6 Å². The first-order valence-corrected chi connectivity index (χ1v) is 6.86. The Bertz CT molecular complexity index is 489. The number of hydrogen-bond acceptors (Lipinski definition) is 2. The first-order valence-electron chi connectivity index (χ1n) is 5.98. The summed E-state index contributed by atoms with van der Waals surface area (Å²) in [6.45, 7) is 11.5. The van der Waals surface area contributed by atoms with Gasteiger partial charge in [-0.05, 0) is 29.2 Å². The average molecular weight is 245 g/mol. The second-order valence-electron chi connectivity index (χ2n) is 6.41. The Labute approximate surface area is 108 Å². The summed E-state index contributed by atoms with van der Waals surface area (Å²) in [6, 6.07) is 8.33. The minimum Gasteiger partial charge on any atom is -0.192 e. The summed E-state index contributed by atoms with van der Waals surface area (Å²) in [4.78, 5) is 1.34. The quantitative estimate of drug-likeness (QED) is 0.678. The molecule has 1 atom stereocenters. The molecule has 1 aliphatic rings. The zero-order valence-corrected chi connectivity index (χ0v) is 12.0. The fourth-order valence-electron chi connectivity index (χ4n) is 2.88. The lowest BCUT2D eigenvalue weighted by Crippen LogP contribution is -2.37. The average Bonchev–Trinajstić information content (AvgIpc) is 2.50. The highest BCUT2D eigenvalue weighted by Gasteiger charge is 2.45. The van der Waals surface area contributed by atoms with Crippen molar-refractivity contribution in [3.63, 3.8) is 0 Å². The van der Waals surface area contributed by atoms with Crippen molar-refractivity contribution in [2.45, 2.75) is 50.2 Å². The molecule has 1 heterocycles. The lowest BCUT2D eigenvalue weighted by Gasteiger charge is -2.37. The van der Waals surface area contributed by atoms with Gasteiger partial charge in [-0.15, -0.1) is 11.8 Å². The molecule has 0 amide bonds. The topological polar surface area (TPSA) is 23.8 Å². The second-order valence-corrected chi connectivity index (χ2v) is 7.56. The molecule has 1 aromatic rings. The van der Waals surface area contributed by atoms with Crippen LogP contribution in [0.2, 0.25) is 0 Å². The van der Waals surface area contributed by atoms with Gasteiger partial charge in [-0.25, -0.2) is 0 Å². The highest BCUT2D eigenvalue weighted by atomic mass is 32.2. The van der Waals surface area contributed by atoms with Crippen molar-refractivity contribution < 1.29 is 0 Å². The van der Waals surface area contributed by atoms with Crippen LogP contribution in [0.1, 0.15) is 45.7 Å². The third-order valence-electron chi connectivity index (χ3n) is 3.49. The van der Waals surface area contributed by atoms with Crippen LogP contribution >= 0.6 is 11.8 Å². The van der Waals surface area contributed by atoms with E-state index in [1.54, 1.807) is 0 Å². The Balaban J connectivity index is 2.52. The molecule has 0 saturated heterocycles. The summed E-state index contributed by atoms with van der Waals surface area (Å²) in [6.07, 6.45) is 0. The van der Waals surface area contributed by atoms with Crippen LogP contribution in [0.25, 0.3) is 0 Å². The summed E-state index contributed by atoms with van der Waals surface area (Å²) in [5, 5.41) is 9.56. The van der Waals surface area contributed by atoms with E-state index in [1.807, 2.05) is 17.8 Å². The maximum Gasteiger partial charge on any atom is 0.0991 e. The molecular weight excluding hydrogens is 226 g/mol. The van der Waals surface area contributed by atoms with Crippen molar-refractivity contribution in [3.8, 4) is 6.07 Å². The van der Waals surface area contributed by atoms with Gasteiger partial charge < -0.3 is 0 Å². The van der Waals surface area contributed by atoms with E-state index in [4.69, 9.17) is 5.26 Å². The standard InChI is InChI=1S/C15H19NS/c1-14(2,3)13-15(4,5)11-8-10(9-16)6-7-12(11)17-13/h6-8,13H,1-5H3. The van der Waals surface area contributed by atoms with Gasteiger partial charge in [0.15, 0.2) is 0 Å². The number of benzene rings is 1. The number of thioether (sulfide) groups is 1. The Morgan fingerprint density at radius 3 is 2.47 bits per heavy atom. The van der Waals surface area contributed by atoms with Gasteiger partial charge in [0.2, 0.25) is 0 Å². The number of fused-ring (bicyclic) bond motifs is 1. The summed E-state index contributed by atoms with van der Waals surface area (Å²) >= 11 is 1.96. The van der Waals surface area contributed by atoms with Crippen LogP contribution in [0.5, 0.6) is 0 Å². The fourth-order valence-corrected chi connectivity index (χ4v) is 4.51. The molecular formula is C15H19NS. The molecule has 1 aliphatic heterocycles. The van der Waals surface area contributed by atoms with Gasteiger partial charge in [0, 0.05) is 15.6 Å². The maximum absolute atomic E-state index is 9.01. The van der Waals surface area contributed by atoms with Gasteiger partial charge in [0.25, 0.3) is 0 Å². The molecule has 0 N–H and O–H groups in total. The number of rotatable bonds is 0. The number of hydrogen-bond donors (Lipinski definition) is 0. The summed E-state index contributed by atoms with van der Waals surface area (Å²) < 4.78 is 0. The zero-order chi connectivity index (χ0) is 12.8. The Hall–Kier alpha value is -0.940. The van der Waals surface area contributed by atoms with Crippen LogP contribution in [0.3, 0.4) is 0 Å². The number of nitriles is 1. The fraction of sp³-hybridized carbons (Fsp3) is 0.533. The van der Waals surface area contributed by atoms with E-state index >= 15 is 0 Å². The van der Waals surface area contributed by atoms with Crippen LogP contribution in [-0.2, 0) is 5.41 Å². The van der Waals surface area contributed by atoms with Crippen LogP contribution in [0, 0.1) is 16.7 Å². The lowest BCUT2D eigenvalue weighted by atomic mass is 9.72. The van der Waals surface area contributed by atoms with Crippen LogP contribution in [0.15, 0.2) is 23.1 Å². The SMILES string of the molecule is CC(C)(C)C1Sc2ccc(C#N)cc2C1(C)C. The Kier molecular flexibility index (Phi) is 2.78.